The number of amides is 2. The van der Waals surface area contributed by atoms with Crippen molar-refractivity contribution in [1.82, 2.24) is 20.3 Å². The smallest absolute Gasteiger partial charge is 0.276 e. The van der Waals surface area contributed by atoms with Crippen molar-refractivity contribution >= 4 is 11.8 Å². The van der Waals surface area contributed by atoms with Crippen LogP contribution in [0.1, 0.15) is 41.6 Å². The van der Waals surface area contributed by atoms with Gasteiger partial charge in [0.1, 0.15) is 11.5 Å². The first kappa shape index (κ1) is 21.8. The maximum absolute atomic E-state index is 12.4. The second-order valence-electron chi connectivity index (χ2n) is 7.82. The summed E-state index contributed by atoms with van der Waals surface area (Å²) < 4.78 is 10.5. The Bertz CT molecular complexity index is 839. The van der Waals surface area contributed by atoms with Gasteiger partial charge in [0.25, 0.3) is 11.8 Å². The zero-order valence-electron chi connectivity index (χ0n) is 17.9. The Morgan fingerprint density at radius 2 is 1.87 bits per heavy atom. The van der Waals surface area contributed by atoms with Crippen LogP contribution < -0.4 is 10.1 Å². The molecule has 1 fully saturated rings. The molecule has 0 radical (unpaired) electrons. The lowest BCUT2D eigenvalue weighted by atomic mass is 10.0. The molecule has 0 spiro atoms. The van der Waals surface area contributed by atoms with Gasteiger partial charge in [0.05, 0.1) is 0 Å². The Balaban J connectivity index is 1.31. The Hall–Kier alpha value is -2.87. The van der Waals surface area contributed by atoms with Gasteiger partial charge in [-0.15, -0.1) is 0 Å². The summed E-state index contributed by atoms with van der Waals surface area (Å²) in [5.74, 6) is 1.55. The summed E-state index contributed by atoms with van der Waals surface area (Å²) >= 11 is 0. The molecule has 0 saturated carbocycles. The summed E-state index contributed by atoms with van der Waals surface area (Å²) in [6.45, 7) is 10.1. The number of benzene rings is 1. The quantitative estimate of drug-likeness (QED) is 0.711. The fraction of sp³-hybridized carbons (Fsp3) is 0.500. The maximum Gasteiger partial charge on any atom is 0.276 e. The van der Waals surface area contributed by atoms with Crippen molar-refractivity contribution in [1.29, 1.82) is 0 Å². The highest BCUT2D eigenvalue weighted by Crippen LogP contribution is 2.18. The van der Waals surface area contributed by atoms with Gasteiger partial charge in [0, 0.05) is 45.3 Å². The van der Waals surface area contributed by atoms with Gasteiger partial charge in [-0.05, 0) is 30.5 Å². The van der Waals surface area contributed by atoms with Crippen molar-refractivity contribution in [3.8, 4) is 5.75 Å². The lowest BCUT2D eigenvalue weighted by Crippen LogP contribution is -2.50. The topological polar surface area (TPSA) is 87.9 Å². The van der Waals surface area contributed by atoms with Crippen LogP contribution in [0, 0.1) is 6.92 Å². The zero-order valence-corrected chi connectivity index (χ0v) is 17.9. The van der Waals surface area contributed by atoms with Crippen molar-refractivity contribution in [2.45, 2.75) is 26.7 Å². The zero-order chi connectivity index (χ0) is 21.5. The standard InChI is InChI=1S/C22H30N4O4/c1-16(2)18-4-6-19(7-5-18)29-15-21(27)23-8-9-25-10-12-26(13-11-25)22(28)20-14-17(3)30-24-20/h4-7,14,16H,8-13,15H2,1-3H3,(H,23,27). The Morgan fingerprint density at radius 3 is 2.47 bits per heavy atom. The molecule has 1 aromatic heterocycles. The van der Waals surface area contributed by atoms with Gasteiger partial charge in [-0.3, -0.25) is 14.5 Å². The number of ether oxygens (including phenoxy) is 1. The molecular weight excluding hydrogens is 384 g/mol. The average Bonchev–Trinajstić information content (AvgIpc) is 3.19. The molecule has 2 heterocycles. The van der Waals surface area contributed by atoms with Crippen LogP contribution >= 0.6 is 0 Å². The molecule has 8 heteroatoms. The number of aryl methyl sites for hydroxylation is 1. The fourth-order valence-corrected chi connectivity index (χ4v) is 3.31. The largest absolute Gasteiger partial charge is 0.484 e. The third kappa shape index (κ3) is 6.06. The molecule has 2 amide bonds. The van der Waals surface area contributed by atoms with Crippen LogP contribution in [0.25, 0.3) is 0 Å². The minimum Gasteiger partial charge on any atom is -0.484 e. The van der Waals surface area contributed by atoms with Crippen LogP contribution in [0.4, 0.5) is 0 Å². The number of carbonyl (C=O) groups is 2. The lowest BCUT2D eigenvalue weighted by Gasteiger charge is -2.34. The summed E-state index contributed by atoms with van der Waals surface area (Å²) in [4.78, 5) is 28.4. The SMILES string of the molecule is Cc1cc(C(=O)N2CCN(CCNC(=O)COc3ccc(C(C)C)cc3)CC2)no1. The van der Waals surface area contributed by atoms with Crippen molar-refractivity contribution in [2.24, 2.45) is 0 Å². The normalized spacial score (nSPS) is 14.7. The average molecular weight is 415 g/mol. The Labute approximate surface area is 177 Å². The Morgan fingerprint density at radius 1 is 1.17 bits per heavy atom. The van der Waals surface area contributed by atoms with E-state index in [1.54, 1.807) is 17.9 Å². The molecule has 1 aliphatic heterocycles. The van der Waals surface area contributed by atoms with Crippen LogP contribution in [0.15, 0.2) is 34.9 Å². The molecule has 1 saturated heterocycles. The maximum atomic E-state index is 12.4. The van der Waals surface area contributed by atoms with Crippen LogP contribution in [-0.2, 0) is 4.79 Å². The minimum absolute atomic E-state index is 0.000419. The first-order valence-corrected chi connectivity index (χ1v) is 10.4. The van der Waals surface area contributed by atoms with Crippen molar-refractivity contribution < 1.29 is 18.8 Å². The molecule has 1 aliphatic rings. The molecule has 2 aromatic rings. The van der Waals surface area contributed by atoms with Gasteiger partial charge in [0.15, 0.2) is 12.3 Å². The summed E-state index contributed by atoms with van der Waals surface area (Å²) in [5.41, 5.74) is 1.59. The second kappa shape index (κ2) is 10.2. The van der Waals surface area contributed by atoms with Gasteiger partial charge >= 0.3 is 0 Å². The Kier molecular flexibility index (Phi) is 7.46. The molecule has 8 nitrogen and oxygen atoms in total. The number of carbonyl (C=O) groups excluding carboxylic acids is 2. The number of aromatic nitrogens is 1. The van der Waals surface area contributed by atoms with Crippen LogP contribution in [-0.4, -0.2) is 72.6 Å². The summed E-state index contributed by atoms with van der Waals surface area (Å²) in [6.07, 6.45) is 0. The van der Waals surface area contributed by atoms with E-state index in [-0.39, 0.29) is 18.4 Å². The predicted molar refractivity (Wildman–Crippen MR) is 113 cm³/mol. The molecule has 30 heavy (non-hydrogen) atoms. The third-order valence-corrected chi connectivity index (χ3v) is 5.17. The molecule has 0 aliphatic carbocycles. The predicted octanol–water partition coefficient (Wildman–Crippen LogP) is 2.06. The number of nitrogens with zero attached hydrogens (tertiary/aromatic N) is 3. The van der Waals surface area contributed by atoms with Crippen LogP contribution in [0.3, 0.4) is 0 Å². The molecule has 3 rings (SSSR count). The van der Waals surface area contributed by atoms with E-state index in [2.05, 4.69) is 29.2 Å². The highest BCUT2D eigenvalue weighted by atomic mass is 16.5. The highest BCUT2D eigenvalue weighted by molar-refractivity contribution is 5.92. The van der Waals surface area contributed by atoms with E-state index in [0.29, 0.717) is 42.8 Å². The summed E-state index contributed by atoms with van der Waals surface area (Å²) in [6, 6.07) is 9.48. The van der Waals surface area contributed by atoms with E-state index in [9.17, 15) is 9.59 Å². The molecule has 0 unspecified atom stereocenters. The van der Waals surface area contributed by atoms with Gasteiger partial charge < -0.3 is 19.5 Å². The van der Waals surface area contributed by atoms with Gasteiger partial charge in [-0.25, -0.2) is 0 Å². The molecular formula is C22H30N4O4. The number of hydrogen-bond donors (Lipinski definition) is 1. The number of piperazine rings is 1. The molecule has 1 aromatic carbocycles. The number of nitrogens with one attached hydrogen (secondary N) is 1. The number of rotatable bonds is 8. The van der Waals surface area contributed by atoms with Crippen molar-refractivity contribution in [3.63, 3.8) is 0 Å². The first-order valence-electron chi connectivity index (χ1n) is 10.4. The van der Waals surface area contributed by atoms with Gasteiger partial charge in [0.2, 0.25) is 0 Å². The van der Waals surface area contributed by atoms with E-state index in [0.717, 1.165) is 19.6 Å². The fourth-order valence-electron chi connectivity index (χ4n) is 3.31. The molecule has 0 atom stereocenters. The second-order valence-corrected chi connectivity index (χ2v) is 7.82. The van der Waals surface area contributed by atoms with E-state index in [1.807, 2.05) is 24.3 Å². The summed E-state index contributed by atoms with van der Waals surface area (Å²) in [7, 11) is 0. The van der Waals surface area contributed by atoms with Crippen molar-refractivity contribution in [2.75, 3.05) is 45.9 Å². The number of hydrogen-bond acceptors (Lipinski definition) is 6. The monoisotopic (exact) mass is 414 g/mol. The van der Waals surface area contributed by atoms with Gasteiger partial charge in [-0.2, -0.15) is 0 Å². The molecule has 1 N–H and O–H groups in total. The van der Waals surface area contributed by atoms with E-state index in [1.165, 1.54) is 5.56 Å². The lowest BCUT2D eigenvalue weighted by molar-refractivity contribution is -0.123. The van der Waals surface area contributed by atoms with Gasteiger partial charge in [-0.1, -0.05) is 31.1 Å². The minimum atomic E-state index is -0.141. The van der Waals surface area contributed by atoms with Crippen LogP contribution in [0.5, 0.6) is 5.75 Å². The molecule has 162 valence electrons. The van der Waals surface area contributed by atoms with Crippen LogP contribution in [0.2, 0.25) is 0 Å². The molecule has 0 bridgehead atoms. The first-order chi connectivity index (χ1) is 14.4. The summed E-state index contributed by atoms with van der Waals surface area (Å²) in [5, 5.41) is 6.67. The van der Waals surface area contributed by atoms with E-state index in [4.69, 9.17) is 9.26 Å². The highest BCUT2D eigenvalue weighted by Gasteiger charge is 2.24. The van der Waals surface area contributed by atoms with E-state index >= 15 is 0 Å². The van der Waals surface area contributed by atoms with E-state index < -0.39 is 0 Å². The third-order valence-electron chi connectivity index (χ3n) is 5.17. The van der Waals surface area contributed by atoms with Crippen molar-refractivity contribution in [3.05, 3.63) is 47.3 Å².